The molecule has 124 valence electrons. The van der Waals surface area contributed by atoms with Crippen LogP contribution in [0.1, 0.15) is 20.3 Å². The Bertz CT molecular complexity index is 571. The van der Waals surface area contributed by atoms with Gasteiger partial charge in [-0.3, -0.25) is 9.59 Å². The molecule has 1 rings (SSSR count). The molecule has 1 amide bonds. The Morgan fingerprint density at radius 3 is 2.30 bits per heavy atom. The van der Waals surface area contributed by atoms with Crippen molar-refractivity contribution in [1.29, 1.82) is 0 Å². The Morgan fingerprint density at radius 2 is 1.70 bits per heavy atom. The summed E-state index contributed by atoms with van der Waals surface area (Å²) in [4.78, 5) is 39.8. The number of hydrogen-bond donors (Lipinski definition) is 0. The molecule has 0 saturated carbocycles. The monoisotopic (exact) mass is 337 g/mol. The summed E-state index contributed by atoms with van der Waals surface area (Å²) >= 11 is 1.30. The zero-order valence-corrected chi connectivity index (χ0v) is 13.9. The number of nitrogens with zero attached hydrogens (tertiary/aromatic N) is 1. The lowest BCUT2D eigenvalue weighted by molar-refractivity contribution is -0.143. The van der Waals surface area contributed by atoms with Crippen LogP contribution in [0.5, 0.6) is 0 Å². The zero-order chi connectivity index (χ0) is 17.1. The maximum absolute atomic E-state index is 11.9. The molecule has 0 aliphatic rings. The van der Waals surface area contributed by atoms with Crippen molar-refractivity contribution in [3.8, 4) is 0 Å². The molecule has 0 aliphatic heterocycles. The highest BCUT2D eigenvalue weighted by atomic mass is 32.2. The van der Waals surface area contributed by atoms with Gasteiger partial charge in [0.05, 0.1) is 25.4 Å². The lowest BCUT2D eigenvalue weighted by Crippen LogP contribution is -2.23. The molecule has 1 aromatic carbocycles. The van der Waals surface area contributed by atoms with Crippen molar-refractivity contribution in [2.75, 3.05) is 19.0 Å². The lowest BCUT2D eigenvalue weighted by atomic mass is 10.2. The molecule has 0 bridgehead atoms. The Balaban J connectivity index is 2.70. The second-order valence-corrected chi connectivity index (χ2v) is 5.30. The van der Waals surface area contributed by atoms with Crippen LogP contribution >= 0.6 is 11.8 Å². The van der Waals surface area contributed by atoms with Gasteiger partial charge < -0.3 is 9.47 Å². The van der Waals surface area contributed by atoms with Crippen LogP contribution in [0.4, 0.5) is 0 Å². The van der Waals surface area contributed by atoms with Gasteiger partial charge in [0.2, 0.25) is 0 Å². The largest absolute Gasteiger partial charge is 0.466 e. The van der Waals surface area contributed by atoms with E-state index in [9.17, 15) is 14.4 Å². The Labute approximate surface area is 139 Å². The number of ether oxygens (including phenoxy) is 2. The zero-order valence-electron chi connectivity index (χ0n) is 13.1. The first kappa shape index (κ1) is 18.9. The fourth-order valence-corrected chi connectivity index (χ4v) is 2.27. The van der Waals surface area contributed by atoms with E-state index in [1.807, 2.05) is 30.3 Å². The van der Waals surface area contributed by atoms with Crippen molar-refractivity contribution in [1.82, 2.24) is 0 Å². The third-order valence-electron chi connectivity index (χ3n) is 2.49. The molecule has 0 saturated heterocycles. The summed E-state index contributed by atoms with van der Waals surface area (Å²) in [6.45, 7) is 3.61. The SMILES string of the molecule is CCOC(=O)CC(=NC(=O)CSc1ccccc1)C(=O)OCC. The molecule has 0 heterocycles. The van der Waals surface area contributed by atoms with E-state index in [4.69, 9.17) is 9.47 Å². The molecule has 0 radical (unpaired) electrons. The first-order valence-corrected chi connectivity index (χ1v) is 8.16. The molecule has 0 N–H and O–H groups in total. The van der Waals surface area contributed by atoms with Gasteiger partial charge in [0.1, 0.15) is 5.71 Å². The molecule has 0 aliphatic carbocycles. The first-order valence-electron chi connectivity index (χ1n) is 7.17. The van der Waals surface area contributed by atoms with E-state index in [1.165, 1.54) is 11.8 Å². The number of esters is 2. The minimum Gasteiger partial charge on any atom is -0.466 e. The molecule has 6 nitrogen and oxygen atoms in total. The number of hydrogen-bond acceptors (Lipinski definition) is 6. The molecule has 0 fully saturated rings. The van der Waals surface area contributed by atoms with Crippen LogP contribution in [0.25, 0.3) is 0 Å². The summed E-state index contributed by atoms with van der Waals surface area (Å²) in [5.41, 5.74) is -0.232. The maximum Gasteiger partial charge on any atom is 0.353 e. The van der Waals surface area contributed by atoms with Gasteiger partial charge in [-0.25, -0.2) is 9.79 Å². The number of benzene rings is 1. The summed E-state index contributed by atoms with van der Waals surface area (Å²) in [5, 5.41) is 0. The molecular weight excluding hydrogens is 318 g/mol. The fourth-order valence-electron chi connectivity index (χ4n) is 1.57. The van der Waals surface area contributed by atoms with E-state index < -0.39 is 17.8 Å². The highest BCUT2D eigenvalue weighted by Gasteiger charge is 2.19. The van der Waals surface area contributed by atoms with Gasteiger partial charge in [-0.05, 0) is 26.0 Å². The smallest absolute Gasteiger partial charge is 0.353 e. The Hall–Kier alpha value is -2.15. The van der Waals surface area contributed by atoms with Crippen LogP contribution in [-0.2, 0) is 23.9 Å². The van der Waals surface area contributed by atoms with Crippen molar-refractivity contribution in [3.05, 3.63) is 30.3 Å². The predicted molar refractivity (Wildman–Crippen MR) is 87.5 cm³/mol. The van der Waals surface area contributed by atoms with Crippen molar-refractivity contribution in [2.45, 2.75) is 25.2 Å². The van der Waals surface area contributed by atoms with Crippen molar-refractivity contribution < 1.29 is 23.9 Å². The Morgan fingerprint density at radius 1 is 1.04 bits per heavy atom. The van der Waals surface area contributed by atoms with E-state index in [1.54, 1.807) is 13.8 Å². The van der Waals surface area contributed by atoms with Gasteiger partial charge in [-0.15, -0.1) is 11.8 Å². The summed E-state index contributed by atoms with van der Waals surface area (Å²) in [7, 11) is 0. The molecule has 1 aromatic rings. The summed E-state index contributed by atoms with van der Waals surface area (Å²) < 4.78 is 9.58. The lowest BCUT2D eigenvalue weighted by Gasteiger charge is -2.06. The van der Waals surface area contributed by atoms with E-state index in [2.05, 4.69) is 4.99 Å². The molecule has 0 aromatic heterocycles. The minimum atomic E-state index is -0.779. The van der Waals surface area contributed by atoms with E-state index >= 15 is 0 Å². The molecule has 0 spiro atoms. The van der Waals surface area contributed by atoms with Crippen molar-refractivity contribution in [3.63, 3.8) is 0 Å². The third-order valence-corrected chi connectivity index (χ3v) is 3.49. The number of thioether (sulfide) groups is 1. The van der Waals surface area contributed by atoms with Crippen LogP contribution < -0.4 is 0 Å². The fraction of sp³-hybridized carbons (Fsp3) is 0.375. The van der Waals surface area contributed by atoms with Gasteiger partial charge in [0, 0.05) is 4.90 Å². The standard InChI is InChI=1S/C16H19NO5S/c1-3-21-15(19)10-13(16(20)22-4-2)17-14(18)11-23-12-8-6-5-7-9-12/h5-9H,3-4,10-11H2,1-2H3. The second kappa shape index (κ2) is 10.6. The number of rotatable bonds is 8. The van der Waals surface area contributed by atoms with E-state index in [-0.39, 0.29) is 31.1 Å². The summed E-state index contributed by atoms with van der Waals surface area (Å²) in [6.07, 6.45) is -0.381. The second-order valence-electron chi connectivity index (χ2n) is 4.26. The van der Waals surface area contributed by atoms with Crippen LogP contribution in [0.3, 0.4) is 0 Å². The van der Waals surface area contributed by atoms with Crippen molar-refractivity contribution >= 4 is 35.3 Å². The maximum atomic E-state index is 11.9. The number of carbonyl (C=O) groups is 3. The summed E-state index contributed by atoms with van der Waals surface area (Å²) in [5.74, 6) is -1.84. The van der Waals surface area contributed by atoms with Gasteiger partial charge in [-0.1, -0.05) is 18.2 Å². The third kappa shape index (κ3) is 7.60. The summed E-state index contributed by atoms with van der Waals surface area (Å²) in [6, 6.07) is 9.34. The van der Waals surface area contributed by atoms with E-state index in [0.717, 1.165) is 4.90 Å². The topological polar surface area (TPSA) is 82.0 Å². The minimum absolute atomic E-state index is 0.0652. The van der Waals surface area contributed by atoms with E-state index in [0.29, 0.717) is 0 Å². The molecule has 0 atom stereocenters. The first-order chi connectivity index (χ1) is 11.1. The Kier molecular flexibility index (Phi) is 8.67. The average molecular weight is 337 g/mol. The molecule has 0 unspecified atom stereocenters. The number of carbonyl (C=O) groups excluding carboxylic acids is 3. The predicted octanol–water partition coefficient (Wildman–Crippen LogP) is 2.26. The van der Waals surface area contributed by atoms with Crippen LogP contribution in [0.2, 0.25) is 0 Å². The highest BCUT2D eigenvalue weighted by molar-refractivity contribution is 8.00. The van der Waals surface area contributed by atoms with Gasteiger partial charge >= 0.3 is 11.9 Å². The molecular formula is C16H19NO5S. The van der Waals surface area contributed by atoms with Crippen molar-refractivity contribution in [2.24, 2.45) is 4.99 Å². The number of aliphatic imine (C=N–C) groups is 1. The molecule has 7 heteroatoms. The average Bonchev–Trinajstić information content (AvgIpc) is 2.54. The van der Waals surface area contributed by atoms with Gasteiger partial charge in [0.15, 0.2) is 0 Å². The quantitative estimate of drug-likeness (QED) is 0.411. The normalized spacial score (nSPS) is 11.0. The van der Waals surface area contributed by atoms with Gasteiger partial charge in [-0.2, -0.15) is 0 Å². The van der Waals surface area contributed by atoms with Gasteiger partial charge in [0.25, 0.3) is 5.91 Å². The molecule has 23 heavy (non-hydrogen) atoms. The van der Waals surface area contributed by atoms with Crippen LogP contribution in [0.15, 0.2) is 40.2 Å². The van der Waals surface area contributed by atoms with Crippen LogP contribution in [0, 0.1) is 0 Å². The highest BCUT2D eigenvalue weighted by Crippen LogP contribution is 2.16. The van der Waals surface area contributed by atoms with Crippen LogP contribution in [-0.4, -0.2) is 42.5 Å². The number of amides is 1.